The topological polar surface area (TPSA) is 19.4 Å². The van der Waals surface area contributed by atoms with Gasteiger partial charge in [-0.05, 0) is 232 Å². The van der Waals surface area contributed by atoms with Gasteiger partial charge in [-0.3, -0.25) is 0 Å². The van der Waals surface area contributed by atoms with E-state index in [1.54, 1.807) is 0 Å². The third kappa shape index (κ3) is 14.8. The minimum Gasteiger partial charge on any atom is -0.311 e. The summed E-state index contributed by atoms with van der Waals surface area (Å²) in [6.45, 7) is 45.0. The molecule has 26 rings (SSSR count). The fraction of sp³-hybridized carbons (Fsp3) is 0.136. The highest BCUT2D eigenvalue weighted by atomic mass is 28.3. The van der Waals surface area contributed by atoms with Crippen molar-refractivity contribution in [2.75, 3.05) is 29.4 Å². The lowest BCUT2D eigenvalue weighted by Gasteiger charge is -2.46. The number of anilines is 18. The molecular weight excluding hydrogens is 1900 g/mol. The molecule has 20 aromatic rings. The molecule has 0 saturated carbocycles. The Balaban J connectivity index is 0.742. The van der Waals surface area contributed by atoms with Crippen molar-refractivity contribution in [1.82, 2.24) is 0 Å². The van der Waals surface area contributed by atoms with E-state index >= 15 is 0 Å². The fourth-order valence-corrected chi connectivity index (χ4v) is 37.4. The monoisotopic (exact) mass is 2020 g/mol. The van der Waals surface area contributed by atoms with Gasteiger partial charge in [0, 0.05) is 113 Å². The van der Waals surface area contributed by atoms with Gasteiger partial charge < -0.3 is 29.4 Å². The summed E-state index contributed by atoms with van der Waals surface area (Å²) in [6, 6.07) is 166. The Morgan fingerprint density at radius 1 is 0.169 bits per heavy atom. The van der Waals surface area contributed by atoms with Crippen LogP contribution in [0.3, 0.4) is 0 Å². The average molecular weight is 2020 g/mol. The van der Waals surface area contributed by atoms with Gasteiger partial charge >= 0.3 is 0 Å². The van der Waals surface area contributed by atoms with E-state index in [9.17, 15) is 0 Å². The van der Waals surface area contributed by atoms with Crippen molar-refractivity contribution in [1.29, 1.82) is 0 Å². The van der Waals surface area contributed by atoms with Crippen LogP contribution in [0.15, 0.2) is 419 Å². The molecule has 718 valence electrons. The van der Waals surface area contributed by atoms with E-state index in [-0.39, 0.29) is 20.1 Å². The number of para-hydroxylation sites is 4. The molecule has 0 fully saturated rings. The maximum Gasteiger partial charge on any atom is 0.253 e. The Labute approximate surface area is 882 Å². The molecule has 6 aliphatic rings. The van der Waals surface area contributed by atoms with Gasteiger partial charge in [0.25, 0.3) is 20.1 Å². The smallest absolute Gasteiger partial charge is 0.253 e. The zero-order chi connectivity index (χ0) is 101. The summed E-state index contributed by atoms with van der Waals surface area (Å²) in [6.07, 6.45) is 0. The Hall–Kier alpha value is -14.3. The summed E-state index contributed by atoms with van der Waals surface area (Å²) in [7, 11) is -15.0. The second-order valence-electron chi connectivity index (χ2n) is 48.2. The molecule has 20 aromatic carbocycles. The number of nitrogens with zero attached hydrogens (tertiary/aromatic N) is 6. The minimum absolute atomic E-state index is 0.0138. The van der Waals surface area contributed by atoms with Gasteiger partial charge in [-0.15, -0.1) is 0 Å². The van der Waals surface area contributed by atoms with Crippen molar-refractivity contribution in [2.45, 2.75) is 118 Å². The Kier molecular flexibility index (Phi) is 21.7. The fourth-order valence-electron chi connectivity index (χ4n) is 25.7. The summed E-state index contributed by atoms with van der Waals surface area (Å²) in [4.78, 5) is 16.1. The lowest BCUT2D eigenvalue weighted by Crippen LogP contribution is -2.67. The summed E-state index contributed by atoms with van der Waals surface area (Å²) in [5.74, 6) is 0. The number of fused-ring (bicyclic) bond motifs is 18. The van der Waals surface area contributed by atoms with E-state index in [1.165, 1.54) is 218 Å². The second-order valence-corrected chi connectivity index (χ2v) is 81.9. The van der Waals surface area contributed by atoms with Crippen LogP contribution in [0.5, 0.6) is 0 Å². The lowest BCUT2D eigenvalue weighted by atomic mass is 9.32. The summed E-state index contributed by atoms with van der Waals surface area (Å²) >= 11 is 0. The van der Waals surface area contributed by atoms with Gasteiger partial charge in [0.05, 0.1) is 46.1 Å². The highest BCUT2D eigenvalue weighted by Gasteiger charge is 2.52. The van der Waals surface area contributed by atoms with Crippen molar-refractivity contribution in [3.05, 3.63) is 419 Å². The predicted molar refractivity (Wildman–Crippen MR) is 668 cm³/mol. The van der Waals surface area contributed by atoms with E-state index < -0.39 is 56.5 Å². The van der Waals surface area contributed by atoms with E-state index in [0.717, 1.165) is 28.4 Å². The zero-order valence-corrected chi connectivity index (χ0v) is 95.3. The lowest BCUT2D eigenvalue weighted by molar-refractivity contribution is 1.26. The summed E-state index contributed by atoms with van der Waals surface area (Å²) < 4.78 is 0. The van der Waals surface area contributed by atoms with E-state index in [0.29, 0.717) is 0 Å². The molecule has 0 amide bonds. The molecule has 148 heavy (non-hydrogen) atoms. The Morgan fingerprint density at radius 3 is 1.00 bits per heavy atom. The second kappa shape index (κ2) is 34.4. The average Bonchev–Trinajstić information content (AvgIpc) is 0.673. The van der Waals surface area contributed by atoms with E-state index in [4.69, 9.17) is 0 Å². The van der Waals surface area contributed by atoms with Crippen molar-refractivity contribution >= 4 is 312 Å². The maximum atomic E-state index is 2.77. The van der Waals surface area contributed by atoms with Gasteiger partial charge in [0.15, 0.2) is 0 Å². The first kappa shape index (κ1) is 93.5. The Bertz CT molecular complexity index is 8770. The molecule has 16 heteroatoms. The molecule has 0 aliphatic carbocycles. The van der Waals surface area contributed by atoms with Crippen molar-refractivity contribution in [2.24, 2.45) is 0 Å². The van der Waals surface area contributed by atoms with Crippen LogP contribution in [-0.2, 0) is 0 Å². The van der Waals surface area contributed by atoms with Crippen LogP contribution in [0, 0.1) is 0 Å². The van der Waals surface area contributed by atoms with E-state index in [2.05, 4.69) is 566 Å². The van der Waals surface area contributed by atoms with Crippen LogP contribution >= 0.6 is 0 Å². The number of hydrogen-bond acceptors (Lipinski definition) is 6. The zero-order valence-electron chi connectivity index (χ0n) is 88.3. The van der Waals surface area contributed by atoms with Gasteiger partial charge in [-0.25, -0.2) is 0 Å². The summed E-state index contributed by atoms with van der Waals surface area (Å²) in [5.41, 5.74) is 36.0. The molecule has 0 saturated heterocycles. The van der Waals surface area contributed by atoms with Gasteiger partial charge in [-0.1, -0.05) is 433 Å². The molecule has 0 bridgehead atoms. The first-order chi connectivity index (χ1) is 71.2. The molecule has 0 unspecified atom stereocenters. The van der Waals surface area contributed by atoms with Gasteiger partial charge in [0.1, 0.15) is 16.1 Å². The first-order valence-corrected chi connectivity index (χ1v) is 76.2. The number of rotatable bonds is 17. The molecule has 6 heterocycles. The molecule has 6 aliphatic heterocycles. The quantitative estimate of drug-likeness (QED) is 0.0664. The van der Waals surface area contributed by atoms with Crippen molar-refractivity contribution < 1.29 is 0 Å². The van der Waals surface area contributed by atoms with Crippen LogP contribution in [0.25, 0.3) is 43.4 Å². The van der Waals surface area contributed by atoms with E-state index in [1.807, 2.05) is 0 Å². The Morgan fingerprint density at radius 2 is 0.507 bits per heavy atom. The molecule has 0 radical (unpaired) electrons. The van der Waals surface area contributed by atoms with Gasteiger partial charge in [-0.2, -0.15) is 0 Å². The standard InChI is InChI=1S/C132H123B3N6Si7/c1-142(2,3)98-64-58-95(59-65-98)137-119-76-71-104(146(13,14)15)82-115(119)134-116-83-105(147(16,17)106-84-122-127-123(85-106)138(96-60-66-99(67-61-96)143(4,5)6)118-75-70-103(145(10,11)12)81-114(118)133(127)112-54-38-39-55-117(112)136(122)92-42-24-19-25-43-92)72-77-120(116)139(97-62-68-100(69-63-97)144(7,8)9)132-110-73-56-90(78-91(110)80-121(137)129(132)134)111-79-89-41-35-37-53-109(89)131-126(111)135-113-74-57-88-40-34-36-52-108(88)130(113)140(93-44-26-20-27-45-93)124-86-107(87-125(128(124)135)141(131)94-46-28-21-29-47-94)148(18,101-48-30-22-31-49-101)102-50-32-23-33-51-102/h19-87H,1-18H3. The third-order valence-corrected chi connectivity index (χ3v) is 51.9. The van der Waals surface area contributed by atoms with Crippen molar-refractivity contribution in [3.63, 3.8) is 0 Å². The van der Waals surface area contributed by atoms with Crippen molar-refractivity contribution in [3.8, 4) is 11.1 Å². The third-order valence-electron chi connectivity index (χ3n) is 33.7. The molecule has 0 N–H and O–H groups in total. The highest BCUT2D eigenvalue weighted by molar-refractivity contribution is 7.11. The first-order valence-electron chi connectivity index (χ1n) is 53.2. The predicted octanol–water partition coefficient (Wildman–Crippen LogP) is 23.7. The summed E-state index contributed by atoms with van der Waals surface area (Å²) in [5, 5.41) is 21.4. The number of benzene rings is 20. The minimum atomic E-state index is -2.92. The largest absolute Gasteiger partial charge is 0.311 e. The molecular formula is C132H123B3N6Si7. The maximum absolute atomic E-state index is 2.92. The molecule has 0 spiro atoms. The van der Waals surface area contributed by atoms with Crippen LogP contribution in [-0.4, -0.2) is 76.7 Å². The normalized spacial score (nSPS) is 14.0. The van der Waals surface area contributed by atoms with Gasteiger partial charge in [0.2, 0.25) is 0 Å². The van der Waals surface area contributed by atoms with Crippen LogP contribution in [0.4, 0.5) is 102 Å². The van der Waals surface area contributed by atoms with Crippen LogP contribution in [0.2, 0.25) is 118 Å². The molecule has 0 atom stereocenters. The highest BCUT2D eigenvalue weighted by Crippen LogP contribution is 2.54. The SMILES string of the molecule is C[Si](C)(C)c1ccc(N2c3ccc([Si](C)(C)C)cc3B3c4ccccc4N(c4ccccc4)c4cc([Si](C)(C)c5ccc6c(c5)B5c7cc([Si](C)(C)C)ccc7N(c7ccc([Si](C)(C)C)cc7)c7cc8cc(-c9cc%10ccccc%10c%10c9B9c%11ccc%12ccccc%12c%11N(c%11ccccc%11)c%11cc([Si](C)(c%12ccccc%12)c%12ccccc%12)cc(c%119)N%10c9ccccc9)ccc8c(c75)N6c5ccc([Si](C)(C)C)cc5)cc2c43)cc1. The molecule has 6 nitrogen and oxygen atoms in total. The van der Waals surface area contributed by atoms with Crippen LogP contribution in [0.1, 0.15) is 0 Å². The number of hydrogen-bond donors (Lipinski definition) is 0. The van der Waals surface area contributed by atoms with Crippen LogP contribution < -0.4 is 130 Å². The molecule has 0 aromatic heterocycles.